The SMILES string of the molecule is CSc1c(Cc2c[nH]c3ccccc23)nc(OCc2ccccc2)c(CC(C)C)[n+]1[O-]. The van der Waals surface area contributed by atoms with E-state index in [2.05, 4.69) is 31.0 Å². The zero-order valence-corrected chi connectivity index (χ0v) is 18.9. The van der Waals surface area contributed by atoms with E-state index in [9.17, 15) is 5.21 Å². The van der Waals surface area contributed by atoms with Crippen LogP contribution in [0.1, 0.15) is 36.4 Å². The van der Waals surface area contributed by atoms with Gasteiger partial charge in [-0.25, -0.2) is 4.98 Å². The summed E-state index contributed by atoms with van der Waals surface area (Å²) in [4.78, 5) is 8.18. The number of H-pyrrole nitrogens is 1. The molecule has 0 unspecified atom stereocenters. The van der Waals surface area contributed by atoms with Gasteiger partial charge >= 0.3 is 0 Å². The summed E-state index contributed by atoms with van der Waals surface area (Å²) in [6.07, 6.45) is 5.10. The molecule has 0 bridgehead atoms. The maximum atomic E-state index is 13.3. The lowest BCUT2D eigenvalue weighted by Gasteiger charge is -2.16. The van der Waals surface area contributed by atoms with E-state index in [1.54, 1.807) is 0 Å². The van der Waals surface area contributed by atoms with Gasteiger partial charge in [-0.3, -0.25) is 0 Å². The van der Waals surface area contributed by atoms with Gasteiger partial charge in [0.05, 0.1) is 0 Å². The van der Waals surface area contributed by atoms with Crippen molar-refractivity contribution in [1.29, 1.82) is 0 Å². The third-order valence-electron chi connectivity index (χ3n) is 5.21. The number of rotatable bonds is 8. The first kappa shape index (κ1) is 21.2. The van der Waals surface area contributed by atoms with E-state index in [1.807, 2.05) is 54.9 Å². The third-order valence-corrected chi connectivity index (χ3v) is 5.99. The molecule has 6 heteroatoms. The number of aromatic nitrogens is 3. The fraction of sp³-hybridized carbons (Fsp3) is 0.280. The molecular formula is C25H27N3O2S. The molecule has 0 spiro atoms. The molecule has 4 aromatic rings. The predicted octanol–water partition coefficient (Wildman–Crippen LogP) is 5.29. The Kier molecular flexibility index (Phi) is 6.47. The number of nitrogens with zero attached hydrogens (tertiary/aromatic N) is 2. The zero-order chi connectivity index (χ0) is 21.8. The van der Waals surface area contributed by atoms with Gasteiger partial charge in [-0.15, -0.1) is 0 Å². The fourth-order valence-corrected chi connectivity index (χ4v) is 4.36. The number of hydrogen-bond donors (Lipinski definition) is 1. The first-order valence-corrected chi connectivity index (χ1v) is 11.7. The van der Waals surface area contributed by atoms with E-state index < -0.39 is 0 Å². The summed E-state index contributed by atoms with van der Waals surface area (Å²) in [6, 6.07) is 18.1. The molecule has 0 aliphatic heterocycles. The second-order valence-electron chi connectivity index (χ2n) is 8.02. The summed E-state index contributed by atoms with van der Waals surface area (Å²) in [5.74, 6) is 0.746. The van der Waals surface area contributed by atoms with Crippen molar-refractivity contribution in [3.8, 4) is 5.88 Å². The number of thioether (sulfide) groups is 1. The fourth-order valence-electron chi connectivity index (χ4n) is 3.73. The molecule has 5 nitrogen and oxygen atoms in total. The monoisotopic (exact) mass is 433 g/mol. The Morgan fingerprint density at radius 3 is 2.58 bits per heavy atom. The molecule has 2 heterocycles. The molecule has 160 valence electrons. The van der Waals surface area contributed by atoms with E-state index >= 15 is 0 Å². The minimum Gasteiger partial charge on any atom is -0.618 e. The maximum absolute atomic E-state index is 13.3. The van der Waals surface area contributed by atoms with E-state index in [-0.39, 0.29) is 0 Å². The van der Waals surface area contributed by atoms with Crippen LogP contribution in [0.2, 0.25) is 0 Å². The van der Waals surface area contributed by atoms with Gasteiger partial charge in [-0.2, -0.15) is 4.73 Å². The Labute approximate surface area is 187 Å². The number of ether oxygens (including phenoxy) is 1. The van der Waals surface area contributed by atoms with Gasteiger partial charge in [0.25, 0.3) is 16.6 Å². The number of aromatic amines is 1. The Morgan fingerprint density at radius 1 is 1.10 bits per heavy atom. The topological polar surface area (TPSA) is 64.8 Å². The van der Waals surface area contributed by atoms with E-state index in [0.717, 1.165) is 32.5 Å². The van der Waals surface area contributed by atoms with E-state index in [4.69, 9.17) is 9.72 Å². The summed E-state index contributed by atoms with van der Waals surface area (Å²) >= 11 is 1.44. The van der Waals surface area contributed by atoms with Crippen molar-refractivity contribution in [2.75, 3.05) is 6.26 Å². The van der Waals surface area contributed by atoms with Gasteiger partial charge < -0.3 is 14.9 Å². The van der Waals surface area contributed by atoms with Gasteiger partial charge in [-0.1, -0.05) is 74.1 Å². The Morgan fingerprint density at radius 2 is 1.84 bits per heavy atom. The van der Waals surface area contributed by atoms with Crippen LogP contribution in [0.15, 0.2) is 65.8 Å². The average Bonchev–Trinajstić information content (AvgIpc) is 3.18. The van der Waals surface area contributed by atoms with E-state index in [1.165, 1.54) is 11.8 Å². The molecule has 2 aromatic heterocycles. The van der Waals surface area contributed by atoms with Crippen molar-refractivity contribution < 1.29 is 9.47 Å². The lowest BCUT2D eigenvalue weighted by atomic mass is 10.1. The van der Waals surface area contributed by atoms with Crippen molar-refractivity contribution in [2.45, 2.75) is 38.3 Å². The number of hydrogen-bond acceptors (Lipinski definition) is 4. The first-order chi connectivity index (χ1) is 15.1. The van der Waals surface area contributed by atoms with Crippen molar-refractivity contribution in [3.05, 3.63) is 88.5 Å². The number of nitrogens with one attached hydrogen (secondary N) is 1. The molecule has 0 saturated carbocycles. The quantitative estimate of drug-likeness (QED) is 0.233. The largest absolute Gasteiger partial charge is 0.618 e. The molecule has 4 rings (SSSR count). The highest BCUT2D eigenvalue weighted by Crippen LogP contribution is 2.27. The van der Waals surface area contributed by atoms with Crippen molar-refractivity contribution in [2.24, 2.45) is 5.92 Å². The normalized spacial score (nSPS) is 11.4. The van der Waals surface area contributed by atoms with Crippen LogP contribution >= 0.6 is 11.8 Å². The number of benzene rings is 2. The smallest absolute Gasteiger partial charge is 0.285 e. The highest BCUT2D eigenvalue weighted by Gasteiger charge is 2.26. The summed E-state index contributed by atoms with van der Waals surface area (Å²) in [5.41, 5.74) is 4.57. The average molecular weight is 434 g/mol. The van der Waals surface area contributed by atoms with Crippen molar-refractivity contribution >= 4 is 22.7 Å². The summed E-state index contributed by atoms with van der Waals surface area (Å²) < 4.78 is 7.13. The van der Waals surface area contributed by atoms with Crippen LogP contribution in [0, 0.1) is 11.1 Å². The van der Waals surface area contributed by atoms with Gasteiger partial charge in [0, 0.05) is 29.9 Å². The Balaban J connectivity index is 1.74. The van der Waals surface area contributed by atoms with Crippen LogP contribution in [0.3, 0.4) is 0 Å². The molecule has 0 aliphatic rings. The van der Waals surface area contributed by atoms with Crippen LogP contribution < -0.4 is 9.47 Å². The Bertz CT molecular complexity index is 1170. The van der Waals surface area contributed by atoms with Crippen LogP contribution in [0.4, 0.5) is 0 Å². The third kappa shape index (κ3) is 4.69. The molecule has 2 aromatic carbocycles. The van der Waals surface area contributed by atoms with E-state index in [0.29, 0.717) is 42.0 Å². The number of para-hydroxylation sites is 1. The number of fused-ring (bicyclic) bond motifs is 1. The second-order valence-corrected chi connectivity index (χ2v) is 8.82. The van der Waals surface area contributed by atoms with Crippen molar-refractivity contribution in [3.63, 3.8) is 0 Å². The molecule has 0 amide bonds. The van der Waals surface area contributed by atoms with Gasteiger partial charge in [0.15, 0.2) is 0 Å². The highest BCUT2D eigenvalue weighted by atomic mass is 32.2. The van der Waals surface area contributed by atoms with Crippen LogP contribution in [-0.4, -0.2) is 16.2 Å². The maximum Gasteiger partial charge on any atom is 0.285 e. The Hall–Kier alpha value is -2.99. The molecule has 0 atom stereocenters. The molecule has 1 N–H and O–H groups in total. The van der Waals surface area contributed by atoms with Gasteiger partial charge in [0.1, 0.15) is 12.3 Å². The molecule has 0 fully saturated rings. The van der Waals surface area contributed by atoms with Crippen molar-refractivity contribution in [1.82, 2.24) is 9.97 Å². The molecular weight excluding hydrogens is 406 g/mol. The lowest BCUT2D eigenvalue weighted by molar-refractivity contribution is -0.655. The minimum atomic E-state index is 0.315. The molecule has 0 saturated heterocycles. The lowest BCUT2D eigenvalue weighted by Crippen LogP contribution is -2.38. The van der Waals surface area contributed by atoms with Gasteiger partial charge in [0.2, 0.25) is 0 Å². The van der Waals surface area contributed by atoms with Gasteiger partial charge in [-0.05, 0) is 29.4 Å². The first-order valence-electron chi connectivity index (χ1n) is 10.5. The molecule has 0 radical (unpaired) electrons. The molecule has 31 heavy (non-hydrogen) atoms. The van der Waals surface area contributed by atoms with Crippen LogP contribution in [0.5, 0.6) is 5.88 Å². The predicted molar refractivity (Wildman–Crippen MR) is 125 cm³/mol. The second kappa shape index (κ2) is 9.43. The summed E-state index contributed by atoms with van der Waals surface area (Å²) in [6.45, 7) is 4.57. The van der Waals surface area contributed by atoms with Crippen LogP contribution in [0.25, 0.3) is 10.9 Å². The molecule has 0 aliphatic carbocycles. The summed E-state index contributed by atoms with van der Waals surface area (Å²) in [5, 5.41) is 15.1. The van der Waals surface area contributed by atoms with Crippen LogP contribution in [-0.2, 0) is 19.4 Å². The highest BCUT2D eigenvalue weighted by molar-refractivity contribution is 7.98. The minimum absolute atomic E-state index is 0.315. The standard InChI is InChI=1S/C25H27N3O2S/c1-17(2)13-23-24(30-16-18-9-5-4-6-10-18)27-22(25(31-3)28(23)29)14-19-15-26-21-12-8-7-11-20(19)21/h4-12,15,17,26H,13-14,16H2,1-3H3. The summed E-state index contributed by atoms with van der Waals surface area (Å²) in [7, 11) is 0. The zero-order valence-electron chi connectivity index (χ0n) is 18.1.